The summed E-state index contributed by atoms with van der Waals surface area (Å²) >= 11 is 0. The van der Waals surface area contributed by atoms with E-state index in [4.69, 9.17) is 0 Å². The van der Waals surface area contributed by atoms with E-state index in [1.807, 2.05) is 36.4 Å². The summed E-state index contributed by atoms with van der Waals surface area (Å²) in [6, 6.07) is 14.8. The fourth-order valence-electron chi connectivity index (χ4n) is 3.36. The van der Waals surface area contributed by atoms with E-state index in [1.54, 1.807) is 29.4 Å². The topological polar surface area (TPSA) is 75.2 Å². The van der Waals surface area contributed by atoms with Gasteiger partial charge in [0.1, 0.15) is 5.69 Å². The van der Waals surface area contributed by atoms with Crippen LogP contribution >= 0.6 is 0 Å². The second kappa shape index (κ2) is 8.00. The van der Waals surface area contributed by atoms with Crippen molar-refractivity contribution in [1.82, 2.24) is 15.3 Å². The number of nitrogens with one attached hydrogen (secondary N) is 1. The number of aryl methyl sites for hydroxylation is 1. The Morgan fingerprint density at radius 1 is 1.07 bits per heavy atom. The summed E-state index contributed by atoms with van der Waals surface area (Å²) < 4.78 is 0. The third-order valence-corrected chi connectivity index (χ3v) is 4.77. The molecular weight excluding hydrogens is 352 g/mol. The Hall–Kier alpha value is -3.54. The number of hydrogen-bond donors (Lipinski definition) is 1. The largest absolute Gasteiger partial charge is 0.348 e. The van der Waals surface area contributed by atoms with Gasteiger partial charge in [-0.2, -0.15) is 0 Å². The van der Waals surface area contributed by atoms with Crippen molar-refractivity contribution < 1.29 is 9.59 Å². The number of anilines is 1. The average molecular weight is 372 g/mol. The van der Waals surface area contributed by atoms with Gasteiger partial charge in [-0.1, -0.05) is 24.3 Å². The Morgan fingerprint density at radius 2 is 1.96 bits per heavy atom. The molecule has 1 aliphatic rings. The first kappa shape index (κ1) is 17.9. The molecule has 1 N–H and O–H groups in total. The lowest BCUT2D eigenvalue weighted by molar-refractivity contribution is 0.0950. The van der Waals surface area contributed by atoms with Crippen molar-refractivity contribution in [2.75, 3.05) is 11.4 Å². The molecule has 28 heavy (non-hydrogen) atoms. The molecule has 3 aromatic rings. The highest BCUT2D eigenvalue weighted by Gasteiger charge is 2.24. The van der Waals surface area contributed by atoms with Crippen LogP contribution in [0.3, 0.4) is 0 Å². The zero-order chi connectivity index (χ0) is 19.3. The molecule has 2 amide bonds. The molecule has 1 aromatic carbocycles. The molecule has 0 bridgehead atoms. The van der Waals surface area contributed by atoms with Crippen LogP contribution in [0.2, 0.25) is 0 Å². The lowest BCUT2D eigenvalue weighted by Crippen LogP contribution is -2.36. The molecule has 1 aliphatic heterocycles. The molecule has 0 aliphatic carbocycles. The first-order valence-electron chi connectivity index (χ1n) is 9.25. The molecule has 140 valence electrons. The lowest BCUT2D eigenvalue weighted by atomic mass is 10.0. The van der Waals surface area contributed by atoms with Gasteiger partial charge >= 0.3 is 0 Å². The second-order valence-electron chi connectivity index (χ2n) is 6.66. The summed E-state index contributed by atoms with van der Waals surface area (Å²) in [6.45, 7) is 1.02. The molecule has 2 aromatic heterocycles. The second-order valence-corrected chi connectivity index (χ2v) is 6.66. The Labute approximate surface area is 163 Å². The lowest BCUT2D eigenvalue weighted by Gasteiger charge is -2.29. The van der Waals surface area contributed by atoms with E-state index in [9.17, 15) is 9.59 Å². The van der Waals surface area contributed by atoms with Crippen molar-refractivity contribution in [3.8, 4) is 0 Å². The molecule has 6 heteroatoms. The fourth-order valence-corrected chi connectivity index (χ4v) is 3.36. The predicted molar refractivity (Wildman–Crippen MR) is 106 cm³/mol. The van der Waals surface area contributed by atoms with Gasteiger partial charge in [0, 0.05) is 42.9 Å². The molecule has 0 spiro atoms. The zero-order valence-corrected chi connectivity index (χ0v) is 15.3. The first-order valence-corrected chi connectivity index (χ1v) is 9.25. The summed E-state index contributed by atoms with van der Waals surface area (Å²) in [6.07, 6.45) is 6.76. The van der Waals surface area contributed by atoms with Gasteiger partial charge in [0.05, 0.1) is 0 Å². The summed E-state index contributed by atoms with van der Waals surface area (Å²) in [7, 11) is 0. The van der Waals surface area contributed by atoms with E-state index < -0.39 is 0 Å². The van der Waals surface area contributed by atoms with Gasteiger partial charge in [-0.25, -0.2) is 0 Å². The summed E-state index contributed by atoms with van der Waals surface area (Å²) in [5, 5.41) is 2.84. The van der Waals surface area contributed by atoms with E-state index in [-0.39, 0.29) is 17.5 Å². The van der Waals surface area contributed by atoms with Crippen molar-refractivity contribution in [2.24, 2.45) is 0 Å². The summed E-state index contributed by atoms with van der Waals surface area (Å²) in [5.41, 5.74) is 3.67. The number of carbonyl (C=O) groups is 2. The third-order valence-electron chi connectivity index (χ3n) is 4.77. The Morgan fingerprint density at radius 3 is 2.82 bits per heavy atom. The number of fused-ring (bicyclic) bond motifs is 1. The standard InChI is InChI=1S/C22H20N4O2/c27-21(25-15-16-5-3-10-23-14-16)18-9-11-24-19(13-18)22(28)26-12-4-7-17-6-1-2-8-20(17)26/h1-3,5-6,8-11,13-14H,4,7,12,15H2,(H,25,27). The van der Waals surface area contributed by atoms with Crippen molar-refractivity contribution in [3.63, 3.8) is 0 Å². The number of hydrogen-bond acceptors (Lipinski definition) is 4. The van der Waals surface area contributed by atoms with E-state index in [2.05, 4.69) is 15.3 Å². The minimum absolute atomic E-state index is 0.186. The minimum atomic E-state index is -0.251. The number of nitrogens with zero attached hydrogens (tertiary/aromatic N) is 3. The van der Waals surface area contributed by atoms with Gasteiger partial charge in [-0.15, -0.1) is 0 Å². The van der Waals surface area contributed by atoms with Gasteiger partial charge in [-0.3, -0.25) is 19.6 Å². The monoisotopic (exact) mass is 372 g/mol. The van der Waals surface area contributed by atoms with Gasteiger partial charge in [0.2, 0.25) is 0 Å². The number of carbonyl (C=O) groups excluding carboxylic acids is 2. The van der Waals surface area contributed by atoms with E-state index >= 15 is 0 Å². The highest BCUT2D eigenvalue weighted by Crippen LogP contribution is 2.27. The van der Waals surface area contributed by atoms with E-state index in [0.717, 1.165) is 29.7 Å². The number of para-hydroxylation sites is 1. The third kappa shape index (κ3) is 3.76. The number of amides is 2. The molecule has 3 heterocycles. The fraction of sp³-hybridized carbons (Fsp3) is 0.182. The molecule has 0 saturated heterocycles. The minimum Gasteiger partial charge on any atom is -0.348 e. The molecule has 0 radical (unpaired) electrons. The Kier molecular flexibility index (Phi) is 5.10. The molecule has 0 atom stereocenters. The number of benzene rings is 1. The Bertz CT molecular complexity index is 1000. The van der Waals surface area contributed by atoms with E-state index in [1.165, 1.54) is 6.20 Å². The van der Waals surface area contributed by atoms with Crippen LogP contribution in [0.15, 0.2) is 67.1 Å². The highest BCUT2D eigenvalue weighted by molar-refractivity contribution is 6.07. The molecule has 0 saturated carbocycles. The van der Waals surface area contributed by atoms with Crippen molar-refractivity contribution in [1.29, 1.82) is 0 Å². The normalized spacial score (nSPS) is 12.9. The summed E-state index contributed by atoms with van der Waals surface area (Å²) in [5.74, 6) is -0.437. The molecule has 6 nitrogen and oxygen atoms in total. The maximum Gasteiger partial charge on any atom is 0.276 e. The number of pyridine rings is 2. The predicted octanol–water partition coefficient (Wildman–Crippen LogP) is 3.00. The Balaban J connectivity index is 1.51. The summed E-state index contributed by atoms with van der Waals surface area (Å²) in [4.78, 5) is 35.5. The average Bonchev–Trinajstić information content (AvgIpc) is 2.77. The zero-order valence-electron chi connectivity index (χ0n) is 15.3. The van der Waals surface area contributed by atoms with Crippen LogP contribution in [0.25, 0.3) is 0 Å². The first-order chi connectivity index (χ1) is 13.7. The molecule has 0 fully saturated rings. The highest BCUT2D eigenvalue weighted by atomic mass is 16.2. The van der Waals surface area contributed by atoms with Crippen molar-refractivity contribution >= 4 is 17.5 Å². The van der Waals surface area contributed by atoms with Gasteiger partial charge in [-0.05, 0) is 48.2 Å². The molecule has 0 unspecified atom stereocenters. The number of rotatable bonds is 4. The molecule has 4 rings (SSSR count). The van der Waals surface area contributed by atoms with Crippen LogP contribution in [0, 0.1) is 0 Å². The SMILES string of the molecule is O=C(NCc1cccnc1)c1ccnc(C(=O)N2CCCc3ccccc32)c1. The van der Waals surface area contributed by atoms with Crippen LogP contribution in [0.5, 0.6) is 0 Å². The van der Waals surface area contributed by atoms with Crippen LogP contribution < -0.4 is 10.2 Å². The van der Waals surface area contributed by atoms with Crippen LogP contribution in [-0.2, 0) is 13.0 Å². The quantitative estimate of drug-likeness (QED) is 0.764. The maximum absolute atomic E-state index is 13.0. The van der Waals surface area contributed by atoms with Crippen LogP contribution in [0.4, 0.5) is 5.69 Å². The van der Waals surface area contributed by atoms with Crippen LogP contribution in [0.1, 0.15) is 38.4 Å². The van der Waals surface area contributed by atoms with Gasteiger partial charge in [0.25, 0.3) is 11.8 Å². The van der Waals surface area contributed by atoms with Gasteiger partial charge < -0.3 is 10.2 Å². The van der Waals surface area contributed by atoms with Crippen LogP contribution in [-0.4, -0.2) is 28.3 Å². The van der Waals surface area contributed by atoms with Crippen molar-refractivity contribution in [2.45, 2.75) is 19.4 Å². The smallest absolute Gasteiger partial charge is 0.276 e. The van der Waals surface area contributed by atoms with Gasteiger partial charge in [0.15, 0.2) is 0 Å². The van der Waals surface area contributed by atoms with Crippen molar-refractivity contribution in [3.05, 3.63) is 89.5 Å². The molecular formula is C22H20N4O2. The number of aromatic nitrogens is 2. The van der Waals surface area contributed by atoms with E-state index in [0.29, 0.717) is 18.7 Å². The maximum atomic E-state index is 13.0.